The van der Waals surface area contributed by atoms with Crippen LogP contribution < -0.4 is 9.47 Å². The first-order chi connectivity index (χ1) is 15.6. The van der Waals surface area contributed by atoms with E-state index in [0.717, 1.165) is 18.2 Å². The molecule has 0 amide bonds. The lowest BCUT2D eigenvalue weighted by molar-refractivity contribution is -0.277. The van der Waals surface area contributed by atoms with Gasteiger partial charge in [-0.1, -0.05) is 0 Å². The van der Waals surface area contributed by atoms with Gasteiger partial charge >= 0.3 is 0 Å². The highest BCUT2D eigenvalue weighted by Crippen LogP contribution is 2.45. The number of aliphatic hydroxyl groups excluding tert-OH is 5. The Balaban J connectivity index is 1.63. The van der Waals surface area contributed by atoms with Gasteiger partial charge in [0.05, 0.1) is 12.2 Å². The number of fused-ring (bicyclic) bond motifs is 1. The van der Waals surface area contributed by atoms with E-state index in [-0.39, 0.29) is 34.1 Å². The number of benzene rings is 2. The van der Waals surface area contributed by atoms with Gasteiger partial charge in [-0.05, 0) is 18.2 Å². The number of aliphatic hydroxyl groups is 5. The molecule has 2 aliphatic rings. The van der Waals surface area contributed by atoms with Crippen LogP contribution in [0.15, 0.2) is 30.0 Å². The third kappa shape index (κ3) is 4.05. The van der Waals surface area contributed by atoms with Gasteiger partial charge in [0, 0.05) is 17.7 Å². The molecular formula is C21H22O12. The molecule has 178 valence electrons. The largest absolute Gasteiger partial charge is 0.508 e. The molecule has 0 aromatic heterocycles. The van der Waals surface area contributed by atoms with E-state index in [0.29, 0.717) is 0 Å². The Morgan fingerprint density at radius 2 is 1.48 bits per heavy atom. The number of phenolic OH excluding ortho intramolecular Hbond substituents is 4. The average molecular weight is 466 g/mol. The number of ether oxygens (including phenoxy) is 3. The van der Waals surface area contributed by atoms with Gasteiger partial charge < -0.3 is 60.2 Å². The second-order valence-electron chi connectivity index (χ2n) is 7.64. The summed E-state index contributed by atoms with van der Waals surface area (Å²) in [4.78, 5) is 0. The number of phenols is 4. The Bertz CT molecular complexity index is 1060. The van der Waals surface area contributed by atoms with Gasteiger partial charge in [-0.3, -0.25) is 0 Å². The molecule has 1 saturated heterocycles. The van der Waals surface area contributed by atoms with Crippen LogP contribution in [0.1, 0.15) is 17.2 Å². The summed E-state index contributed by atoms with van der Waals surface area (Å²) in [6, 6.07) is 4.56. The van der Waals surface area contributed by atoms with Gasteiger partial charge in [0.15, 0.2) is 23.4 Å². The zero-order valence-electron chi connectivity index (χ0n) is 16.8. The Morgan fingerprint density at radius 1 is 0.818 bits per heavy atom. The van der Waals surface area contributed by atoms with Crippen molar-refractivity contribution in [3.05, 3.63) is 41.2 Å². The molecule has 33 heavy (non-hydrogen) atoms. The first-order valence-corrected chi connectivity index (χ1v) is 9.77. The molecule has 9 N–H and O–H groups in total. The maximum absolute atomic E-state index is 10.4. The maximum Gasteiger partial charge on any atom is 0.229 e. The number of hydrogen-bond acceptors (Lipinski definition) is 12. The Hall–Kier alpha value is -3.42. The van der Waals surface area contributed by atoms with E-state index < -0.39 is 60.7 Å². The summed E-state index contributed by atoms with van der Waals surface area (Å²) in [5, 5.41) is 89.0. The van der Waals surface area contributed by atoms with E-state index in [9.17, 15) is 46.0 Å². The van der Waals surface area contributed by atoms with E-state index in [2.05, 4.69) is 0 Å². The molecule has 4 rings (SSSR count). The second-order valence-corrected chi connectivity index (χ2v) is 7.64. The Morgan fingerprint density at radius 3 is 2.12 bits per heavy atom. The van der Waals surface area contributed by atoms with Crippen LogP contribution in [-0.2, 0) is 4.74 Å². The molecule has 2 aromatic carbocycles. The third-order valence-corrected chi connectivity index (χ3v) is 5.39. The molecule has 0 radical (unpaired) electrons. The van der Waals surface area contributed by atoms with Crippen LogP contribution in [0.5, 0.6) is 34.5 Å². The molecule has 2 heterocycles. The van der Waals surface area contributed by atoms with Crippen molar-refractivity contribution in [1.82, 2.24) is 0 Å². The fourth-order valence-electron chi connectivity index (χ4n) is 3.62. The number of aromatic hydroxyl groups is 4. The minimum Gasteiger partial charge on any atom is -0.508 e. The minimum absolute atomic E-state index is 0.00412. The molecule has 2 aliphatic heterocycles. The third-order valence-electron chi connectivity index (χ3n) is 5.39. The normalized spacial score (nSPS) is 29.0. The Labute approximate surface area is 186 Å². The second kappa shape index (κ2) is 8.50. The minimum atomic E-state index is -1.68. The highest BCUT2D eigenvalue weighted by atomic mass is 16.7. The fourth-order valence-corrected chi connectivity index (χ4v) is 3.62. The van der Waals surface area contributed by atoms with Gasteiger partial charge in [0.1, 0.15) is 47.4 Å². The van der Waals surface area contributed by atoms with Crippen LogP contribution in [0.25, 0.3) is 6.08 Å². The van der Waals surface area contributed by atoms with Gasteiger partial charge in [0.25, 0.3) is 0 Å². The van der Waals surface area contributed by atoms with E-state index in [4.69, 9.17) is 14.2 Å². The van der Waals surface area contributed by atoms with Crippen LogP contribution in [-0.4, -0.2) is 83.3 Å². The Kier molecular flexibility index (Phi) is 5.86. The van der Waals surface area contributed by atoms with E-state index in [1.54, 1.807) is 0 Å². The lowest BCUT2D eigenvalue weighted by Crippen LogP contribution is -2.60. The number of hydrogen-bond donors (Lipinski definition) is 9. The summed E-state index contributed by atoms with van der Waals surface area (Å²) < 4.78 is 16.5. The van der Waals surface area contributed by atoms with Gasteiger partial charge in [0.2, 0.25) is 6.29 Å². The van der Waals surface area contributed by atoms with Crippen molar-refractivity contribution >= 4 is 6.08 Å². The van der Waals surface area contributed by atoms with Crippen LogP contribution in [0, 0.1) is 0 Å². The monoisotopic (exact) mass is 466 g/mol. The predicted molar refractivity (Wildman–Crippen MR) is 108 cm³/mol. The zero-order valence-corrected chi connectivity index (χ0v) is 16.8. The van der Waals surface area contributed by atoms with E-state index in [1.807, 2.05) is 0 Å². The molecule has 2 aromatic rings. The number of rotatable bonds is 4. The van der Waals surface area contributed by atoms with Crippen LogP contribution in [0.3, 0.4) is 0 Å². The quantitative estimate of drug-likeness (QED) is 0.266. The molecular weight excluding hydrogens is 444 g/mol. The van der Waals surface area contributed by atoms with Gasteiger partial charge in [-0.15, -0.1) is 0 Å². The van der Waals surface area contributed by atoms with Crippen LogP contribution >= 0.6 is 0 Å². The summed E-state index contributed by atoms with van der Waals surface area (Å²) in [5.41, 5.74) is 0.166. The molecule has 0 aliphatic carbocycles. The molecule has 12 nitrogen and oxygen atoms in total. The SMILES string of the molecule is OC[C@H]1O[C@@H](Oc2cc(O)c3c(c2)OC(c2cc(O)c(O)c(O)c2)C(O)=C3)[C@H](O)[C@@H](O)[C@H]1O. The van der Waals surface area contributed by atoms with Crippen molar-refractivity contribution in [2.75, 3.05) is 6.61 Å². The zero-order chi connectivity index (χ0) is 24.0. The summed E-state index contributed by atoms with van der Waals surface area (Å²) in [5.74, 6) is -2.86. The lowest BCUT2D eigenvalue weighted by Gasteiger charge is -2.39. The van der Waals surface area contributed by atoms with Gasteiger partial charge in [-0.25, -0.2) is 0 Å². The van der Waals surface area contributed by atoms with E-state index in [1.165, 1.54) is 12.1 Å². The smallest absolute Gasteiger partial charge is 0.229 e. The highest BCUT2D eigenvalue weighted by Gasteiger charge is 2.45. The van der Waals surface area contributed by atoms with Crippen molar-refractivity contribution in [1.29, 1.82) is 0 Å². The highest BCUT2D eigenvalue weighted by molar-refractivity contribution is 5.70. The van der Waals surface area contributed by atoms with E-state index >= 15 is 0 Å². The van der Waals surface area contributed by atoms with Crippen LogP contribution in [0.2, 0.25) is 0 Å². The molecule has 6 atom stereocenters. The molecule has 1 unspecified atom stereocenters. The van der Waals surface area contributed by atoms with Crippen molar-refractivity contribution < 1.29 is 60.2 Å². The molecule has 0 bridgehead atoms. The van der Waals surface area contributed by atoms with Crippen molar-refractivity contribution in [3.8, 4) is 34.5 Å². The summed E-state index contributed by atoms with van der Waals surface area (Å²) in [7, 11) is 0. The summed E-state index contributed by atoms with van der Waals surface area (Å²) in [6.07, 6.45) is -7.66. The molecule has 1 fully saturated rings. The van der Waals surface area contributed by atoms with Crippen LogP contribution in [0.4, 0.5) is 0 Å². The van der Waals surface area contributed by atoms with Gasteiger partial charge in [-0.2, -0.15) is 0 Å². The topological polar surface area (TPSA) is 210 Å². The standard InChI is InChI=1S/C21H22O12/c22-6-15-17(28)18(29)19(30)21(33-15)31-8-3-10(23)9-5-13(26)20(32-14(9)4-8)7-1-11(24)16(27)12(25)2-7/h1-5,15,17-30H,6H2/t15-,17+,18+,19-,20?,21-/m1/s1. The fraction of sp³-hybridized carbons (Fsp3) is 0.333. The molecule has 12 heteroatoms. The average Bonchev–Trinajstić information content (AvgIpc) is 2.77. The van der Waals surface area contributed by atoms with Crippen molar-refractivity contribution in [2.24, 2.45) is 0 Å². The molecule has 0 saturated carbocycles. The molecule has 0 spiro atoms. The summed E-state index contributed by atoms with van der Waals surface area (Å²) in [6.45, 7) is -0.651. The van der Waals surface area contributed by atoms with Crippen molar-refractivity contribution in [2.45, 2.75) is 36.8 Å². The maximum atomic E-state index is 10.4. The summed E-state index contributed by atoms with van der Waals surface area (Å²) >= 11 is 0. The first kappa shape index (κ1) is 22.8. The van der Waals surface area contributed by atoms with Crippen molar-refractivity contribution in [3.63, 3.8) is 0 Å². The predicted octanol–water partition coefficient (Wildman–Crippen LogP) is -0.280. The lowest BCUT2D eigenvalue weighted by atomic mass is 9.99. The first-order valence-electron chi connectivity index (χ1n) is 9.77.